The topological polar surface area (TPSA) is 73.6 Å². The molecule has 0 bridgehead atoms. The standard InChI is InChI=1S/C19H18N4O/c1-2-12-3-5-17-13(7-12)8-15(19(24)22-17)10-20-16-4-6-18-14(9-16)11-21-23-18/h3-9,11,20H,2,10H2,1H3,(H,21,23)(H,22,24). The minimum atomic E-state index is -0.0522. The number of anilines is 1. The smallest absolute Gasteiger partial charge is 0.253 e. The first-order valence-electron chi connectivity index (χ1n) is 8.05. The Morgan fingerprint density at radius 1 is 1.04 bits per heavy atom. The summed E-state index contributed by atoms with van der Waals surface area (Å²) in [6, 6.07) is 14.1. The van der Waals surface area contributed by atoms with E-state index in [1.165, 1.54) is 5.56 Å². The Bertz CT molecular complexity index is 1080. The first-order valence-corrected chi connectivity index (χ1v) is 8.05. The number of nitrogens with zero attached hydrogens (tertiary/aromatic N) is 1. The average Bonchev–Trinajstić information content (AvgIpc) is 3.07. The number of aromatic nitrogens is 3. The zero-order valence-corrected chi connectivity index (χ0v) is 13.4. The summed E-state index contributed by atoms with van der Waals surface area (Å²) in [4.78, 5) is 15.2. The summed E-state index contributed by atoms with van der Waals surface area (Å²) >= 11 is 0. The third-order valence-electron chi connectivity index (χ3n) is 4.32. The fraction of sp³-hybridized carbons (Fsp3) is 0.158. The van der Waals surface area contributed by atoms with Crippen LogP contribution < -0.4 is 10.9 Å². The van der Waals surface area contributed by atoms with E-state index in [1.807, 2.05) is 30.3 Å². The number of nitrogens with one attached hydrogen (secondary N) is 3. The highest BCUT2D eigenvalue weighted by molar-refractivity contribution is 5.82. The molecule has 0 unspecified atom stereocenters. The lowest BCUT2D eigenvalue weighted by Crippen LogP contribution is -2.15. The van der Waals surface area contributed by atoms with Gasteiger partial charge in [0.2, 0.25) is 0 Å². The highest BCUT2D eigenvalue weighted by Gasteiger charge is 2.05. The van der Waals surface area contributed by atoms with E-state index in [1.54, 1.807) is 6.20 Å². The summed E-state index contributed by atoms with van der Waals surface area (Å²) in [6.07, 6.45) is 2.77. The molecule has 0 saturated heterocycles. The molecular weight excluding hydrogens is 300 g/mol. The first-order chi connectivity index (χ1) is 11.7. The van der Waals surface area contributed by atoms with Crippen molar-refractivity contribution >= 4 is 27.5 Å². The second kappa shape index (κ2) is 5.85. The molecule has 0 fully saturated rings. The second-order valence-corrected chi connectivity index (χ2v) is 5.92. The molecule has 4 rings (SSSR count). The molecule has 0 spiro atoms. The van der Waals surface area contributed by atoms with Gasteiger partial charge in [-0.15, -0.1) is 0 Å². The van der Waals surface area contributed by atoms with E-state index in [0.717, 1.165) is 39.5 Å². The summed E-state index contributed by atoms with van der Waals surface area (Å²) in [5.41, 5.74) is 4.77. The normalized spacial score (nSPS) is 11.2. The number of aryl methyl sites for hydroxylation is 1. The average molecular weight is 318 g/mol. The Labute approximate surface area is 138 Å². The predicted octanol–water partition coefficient (Wildman–Crippen LogP) is 3.58. The molecule has 2 aromatic heterocycles. The molecule has 2 aromatic carbocycles. The second-order valence-electron chi connectivity index (χ2n) is 5.92. The minimum absolute atomic E-state index is 0.0522. The highest BCUT2D eigenvalue weighted by atomic mass is 16.1. The van der Waals surface area contributed by atoms with Crippen LogP contribution in [0.2, 0.25) is 0 Å². The molecule has 0 amide bonds. The lowest BCUT2D eigenvalue weighted by Gasteiger charge is -2.08. The largest absolute Gasteiger partial charge is 0.381 e. The number of hydrogen-bond donors (Lipinski definition) is 3. The van der Waals surface area contributed by atoms with Crippen LogP contribution in [0, 0.1) is 0 Å². The predicted molar refractivity (Wildman–Crippen MR) is 97.4 cm³/mol. The molecule has 2 heterocycles. The monoisotopic (exact) mass is 318 g/mol. The number of rotatable bonds is 4. The number of pyridine rings is 1. The molecular formula is C19H18N4O. The summed E-state index contributed by atoms with van der Waals surface area (Å²) in [7, 11) is 0. The van der Waals surface area contributed by atoms with Crippen LogP contribution in [0.1, 0.15) is 18.1 Å². The molecule has 5 heteroatoms. The van der Waals surface area contributed by atoms with Crippen molar-refractivity contribution in [1.82, 2.24) is 15.2 Å². The van der Waals surface area contributed by atoms with Crippen molar-refractivity contribution in [2.24, 2.45) is 0 Å². The Hall–Kier alpha value is -3.08. The van der Waals surface area contributed by atoms with Crippen LogP contribution in [0.5, 0.6) is 0 Å². The fourth-order valence-corrected chi connectivity index (χ4v) is 2.90. The van der Waals surface area contributed by atoms with Crippen LogP contribution in [0.15, 0.2) is 53.5 Å². The van der Waals surface area contributed by atoms with Gasteiger partial charge in [-0.05, 0) is 53.8 Å². The van der Waals surface area contributed by atoms with Gasteiger partial charge in [-0.25, -0.2) is 0 Å². The third kappa shape index (κ3) is 2.65. The van der Waals surface area contributed by atoms with E-state index in [-0.39, 0.29) is 5.56 Å². The summed E-state index contributed by atoms with van der Waals surface area (Å²) in [5.74, 6) is 0. The van der Waals surface area contributed by atoms with Crippen molar-refractivity contribution in [3.05, 3.63) is 70.1 Å². The molecule has 24 heavy (non-hydrogen) atoms. The zero-order chi connectivity index (χ0) is 16.5. The minimum Gasteiger partial charge on any atom is -0.381 e. The maximum atomic E-state index is 12.3. The van der Waals surface area contributed by atoms with E-state index in [0.29, 0.717) is 6.54 Å². The molecule has 5 nitrogen and oxygen atoms in total. The SMILES string of the molecule is CCc1ccc2[nH]c(=O)c(CNc3ccc4[nH]ncc4c3)cc2c1. The number of aromatic amines is 2. The molecule has 0 aliphatic carbocycles. The highest BCUT2D eigenvalue weighted by Crippen LogP contribution is 2.18. The van der Waals surface area contributed by atoms with E-state index in [2.05, 4.69) is 39.6 Å². The Balaban J connectivity index is 1.63. The number of H-pyrrole nitrogens is 2. The van der Waals surface area contributed by atoms with Gasteiger partial charge < -0.3 is 10.3 Å². The zero-order valence-electron chi connectivity index (χ0n) is 13.4. The van der Waals surface area contributed by atoms with Gasteiger partial charge in [0, 0.05) is 28.7 Å². The van der Waals surface area contributed by atoms with E-state index >= 15 is 0 Å². The molecule has 0 aliphatic heterocycles. The number of hydrogen-bond acceptors (Lipinski definition) is 3. The van der Waals surface area contributed by atoms with Crippen LogP contribution in [-0.4, -0.2) is 15.2 Å². The van der Waals surface area contributed by atoms with Crippen molar-refractivity contribution in [1.29, 1.82) is 0 Å². The van der Waals surface area contributed by atoms with Crippen LogP contribution in [-0.2, 0) is 13.0 Å². The Morgan fingerprint density at radius 2 is 1.92 bits per heavy atom. The molecule has 0 radical (unpaired) electrons. The fourth-order valence-electron chi connectivity index (χ4n) is 2.90. The third-order valence-corrected chi connectivity index (χ3v) is 4.32. The van der Waals surface area contributed by atoms with E-state index in [9.17, 15) is 4.79 Å². The Kier molecular flexibility index (Phi) is 3.54. The van der Waals surface area contributed by atoms with Crippen LogP contribution >= 0.6 is 0 Å². The van der Waals surface area contributed by atoms with Gasteiger partial charge in [0.25, 0.3) is 5.56 Å². The van der Waals surface area contributed by atoms with Crippen molar-refractivity contribution in [2.45, 2.75) is 19.9 Å². The van der Waals surface area contributed by atoms with Crippen LogP contribution in [0.3, 0.4) is 0 Å². The first kappa shape index (κ1) is 14.5. The van der Waals surface area contributed by atoms with Gasteiger partial charge in [-0.3, -0.25) is 9.89 Å². The molecule has 0 saturated carbocycles. The number of benzene rings is 2. The van der Waals surface area contributed by atoms with Crippen molar-refractivity contribution < 1.29 is 0 Å². The van der Waals surface area contributed by atoms with Gasteiger partial charge in [0.05, 0.1) is 11.7 Å². The van der Waals surface area contributed by atoms with Crippen molar-refractivity contribution in [2.75, 3.05) is 5.32 Å². The van der Waals surface area contributed by atoms with Gasteiger partial charge in [-0.1, -0.05) is 13.0 Å². The van der Waals surface area contributed by atoms with Crippen molar-refractivity contribution in [3.8, 4) is 0 Å². The van der Waals surface area contributed by atoms with Crippen molar-refractivity contribution in [3.63, 3.8) is 0 Å². The van der Waals surface area contributed by atoms with Gasteiger partial charge >= 0.3 is 0 Å². The molecule has 0 aliphatic rings. The molecule has 4 aromatic rings. The number of fused-ring (bicyclic) bond motifs is 2. The lowest BCUT2D eigenvalue weighted by atomic mass is 10.1. The van der Waals surface area contributed by atoms with Crippen LogP contribution in [0.25, 0.3) is 21.8 Å². The van der Waals surface area contributed by atoms with Gasteiger partial charge in [0.15, 0.2) is 0 Å². The summed E-state index contributed by atoms with van der Waals surface area (Å²) < 4.78 is 0. The maximum Gasteiger partial charge on any atom is 0.253 e. The van der Waals surface area contributed by atoms with E-state index in [4.69, 9.17) is 0 Å². The van der Waals surface area contributed by atoms with Crippen LogP contribution in [0.4, 0.5) is 5.69 Å². The molecule has 120 valence electrons. The quantitative estimate of drug-likeness (QED) is 0.538. The van der Waals surface area contributed by atoms with Gasteiger partial charge in [0.1, 0.15) is 0 Å². The Morgan fingerprint density at radius 3 is 2.79 bits per heavy atom. The van der Waals surface area contributed by atoms with Gasteiger partial charge in [-0.2, -0.15) is 5.10 Å². The van der Waals surface area contributed by atoms with E-state index < -0.39 is 0 Å². The maximum absolute atomic E-state index is 12.3. The summed E-state index contributed by atoms with van der Waals surface area (Å²) in [5, 5.41) is 12.4. The molecule has 0 atom stereocenters. The lowest BCUT2D eigenvalue weighted by molar-refractivity contribution is 1.09. The summed E-state index contributed by atoms with van der Waals surface area (Å²) in [6.45, 7) is 2.60. The molecule has 3 N–H and O–H groups in total.